The summed E-state index contributed by atoms with van der Waals surface area (Å²) in [6.45, 7) is -0.101. The number of carbonyl (C=O) groups is 1. The molecule has 1 aliphatic heterocycles. The third-order valence-corrected chi connectivity index (χ3v) is 7.36. The predicted molar refractivity (Wildman–Crippen MR) is 96.6 cm³/mol. The summed E-state index contributed by atoms with van der Waals surface area (Å²) < 4.78 is 56.2. The number of esters is 1. The van der Waals surface area contributed by atoms with Crippen molar-refractivity contribution in [2.45, 2.75) is 31.5 Å². The number of nitrogens with zero attached hydrogens (tertiary/aromatic N) is 1. The van der Waals surface area contributed by atoms with Crippen molar-refractivity contribution in [3.8, 4) is 0 Å². The second-order valence-electron chi connectivity index (χ2n) is 6.03. The Morgan fingerprint density at radius 1 is 1.16 bits per heavy atom. The minimum Gasteiger partial charge on any atom is -0.455 e. The molecule has 0 radical (unpaired) electrons. The van der Waals surface area contributed by atoms with E-state index in [2.05, 4.69) is 13.1 Å². The number of aliphatic hydroxyl groups excluding tert-OH is 1. The molecule has 21 heteroatoms. The van der Waals surface area contributed by atoms with Crippen LogP contribution in [0.15, 0.2) is 21.9 Å². The monoisotopic (exact) mass is 526 g/mol. The predicted octanol–water partition coefficient (Wildman–Crippen LogP) is -1.93. The molecule has 1 aromatic rings. The van der Waals surface area contributed by atoms with Gasteiger partial charge in [-0.2, -0.15) is 8.62 Å². The molecule has 32 heavy (non-hydrogen) atoms. The third kappa shape index (κ3) is 7.52. The summed E-state index contributed by atoms with van der Waals surface area (Å²) in [5, 5.41) is 10.3. The van der Waals surface area contributed by atoms with Crippen LogP contribution < -0.4 is 11.2 Å². The molecule has 2 heterocycles. The van der Waals surface area contributed by atoms with Gasteiger partial charge in [0.05, 0.1) is 6.61 Å². The molecule has 0 aromatic carbocycles. The number of carbonyl (C=O) groups excluding carboxylic acids is 1. The number of phosphoric ester groups is 1. The standard InChI is InChI=1S/C11H17N2O16P3/c1-5(14)26-9-8(16)6(27-10(9)13-3-2-7(15)12-11(13)17)4-25-31(21,22)29-32(23,24)28-30(18,19)20/h2-3,6,8-10,16H,4H2,1H3,(H,21,22)(H,23,24)(H,12,15,17)(H2,18,19,20)/t6-,8?,9?,10-/m1/s1. The number of aliphatic hydroxyl groups is 1. The van der Waals surface area contributed by atoms with Crippen LogP contribution in [0.25, 0.3) is 0 Å². The van der Waals surface area contributed by atoms with E-state index in [0.29, 0.717) is 0 Å². The molecule has 0 aliphatic carbocycles. The number of H-pyrrole nitrogens is 1. The van der Waals surface area contributed by atoms with Gasteiger partial charge in [0.15, 0.2) is 12.3 Å². The zero-order chi connectivity index (χ0) is 24.5. The van der Waals surface area contributed by atoms with Crippen molar-refractivity contribution in [1.82, 2.24) is 9.55 Å². The first kappa shape index (κ1) is 26.7. The highest BCUT2D eigenvalue weighted by atomic mass is 31.3. The molecule has 1 fully saturated rings. The van der Waals surface area contributed by atoms with E-state index < -0.39 is 71.8 Å². The second-order valence-corrected chi connectivity index (χ2v) is 10.5. The van der Waals surface area contributed by atoms with Gasteiger partial charge in [0, 0.05) is 19.2 Å². The van der Waals surface area contributed by atoms with Crippen LogP contribution in [0.3, 0.4) is 0 Å². The van der Waals surface area contributed by atoms with Crippen LogP contribution in [0, 0.1) is 0 Å². The molecule has 4 unspecified atom stereocenters. The number of hydrogen-bond acceptors (Lipinski definition) is 12. The van der Waals surface area contributed by atoms with Crippen LogP contribution >= 0.6 is 23.5 Å². The van der Waals surface area contributed by atoms with E-state index in [1.54, 1.807) is 0 Å². The molecule has 6 N–H and O–H groups in total. The number of nitrogens with one attached hydrogen (secondary N) is 1. The largest absolute Gasteiger partial charge is 0.490 e. The summed E-state index contributed by atoms with van der Waals surface area (Å²) in [7, 11) is -16.9. The molecule has 1 saturated heterocycles. The van der Waals surface area contributed by atoms with Gasteiger partial charge < -0.3 is 34.2 Å². The maximum Gasteiger partial charge on any atom is 0.490 e. The van der Waals surface area contributed by atoms with Crippen LogP contribution in [0.4, 0.5) is 0 Å². The number of rotatable bonds is 9. The molecule has 1 aromatic heterocycles. The van der Waals surface area contributed by atoms with Crippen LogP contribution in [0.5, 0.6) is 0 Å². The lowest BCUT2D eigenvalue weighted by molar-refractivity contribution is -0.156. The number of ether oxygens (including phenoxy) is 2. The average Bonchev–Trinajstić information content (AvgIpc) is 2.85. The summed E-state index contributed by atoms with van der Waals surface area (Å²) in [5.41, 5.74) is -1.78. The Bertz CT molecular complexity index is 1110. The fraction of sp³-hybridized carbons (Fsp3) is 0.545. The molecule has 0 spiro atoms. The fourth-order valence-corrected chi connectivity index (χ4v) is 5.53. The van der Waals surface area contributed by atoms with Gasteiger partial charge in [-0.15, -0.1) is 0 Å². The lowest BCUT2D eigenvalue weighted by Gasteiger charge is -2.21. The molecular formula is C11H17N2O16P3. The van der Waals surface area contributed by atoms with Crippen LogP contribution in [-0.2, 0) is 41.1 Å². The Morgan fingerprint density at radius 2 is 1.78 bits per heavy atom. The van der Waals surface area contributed by atoms with Crippen molar-refractivity contribution in [2.24, 2.45) is 0 Å². The first-order chi connectivity index (χ1) is 14.5. The van der Waals surface area contributed by atoms with E-state index in [-0.39, 0.29) is 0 Å². The fourth-order valence-electron chi connectivity index (χ4n) is 2.50. The van der Waals surface area contributed by atoms with E-state index in [1.807, 2.05) is 4.98 Å². The minimum atomic E-state index is -5.77. The van der Waals surface area contributed by atoms with Gasteiger partial charge in [0.2, 0.25) is 0 Å². The summed E-state index contributed by atoms with van der Waals surface area (Å²) in [6, 6.07) is 0.918. The maximum absolute atomic E-state index is 12.0. The first-order valence-electron chi connectivity index (χ1n) is 8.10. The summed E-state index contributed by atoms with van der Waals surface area (Å²) in [5.74, 6) is -0.909. The summed E-state index contributed by atoms with van der Waals surface area (Å²) in [6.07, 6.45) is -5.53. The molecule has 1 aliphatic rings. The van der Waals surface area contributed by atoms with E-state index in [4.69, 9.17) is 24.2 Å². The Balaban J connectivity index is 2.17. The van der Waals surface area contributed by atoms with Crippen molar-refractivity contribution < 1.29 is 65.8 Å². The smallest absolute Gasteiger partial charge is 0.455 e. The van der Waals surface area contributed by atoms with Crippen LogP contribution in [0.2, 0.25) is 0 Å². The first-order valence-corrected chi connectivity index (χ1v) is 12.6. The molecule has 6 atom stereocenters. The minimum absolute atomic E-state index is 0.739. The van der Waals surface area contributed by atoms with Gasteiger partial charge >= 0.3 is 35.1 Å². The van der Waals surface area contributed by atoms with Gasteiger partial charge in [0.1, 0.15) is 12.2 Å². The highest BCUT2D eigenvalue weighted by molar-refractivity contribution is 7.66. The van der Waals surface area contributed by atoms with Crippen LogP contribution in [0.1, 0.15) is 13.2 Å². The molecule has 0 saturated carbocycles. The van der Waals surface area contributed by atoms with Crippen LogP contribution in [-0.4, -0.2) is 65.1 Å². The number of hydrogen-bond donors (Lipinski definition) is 6. The SMILES string of the molecule is CC(=O)OC1C(O)[C@@H](COP(=O)(O)OP(=O)(O)OP(=O)(O)O)O[C@H]1n1ccc(=O)[nH]c1=O. The Hall–Kier alpha value is -1.52. The van der Waals surface area contributed by atoms with E-state index in [9.17, 15) is 38.1 Å². The average molecular weight is 526 g/mol. The normalized spacial score (nSPS) is 27.4. The quantitative estimate of drug-likeness (QED) is 0.151. The maximum atomic E-state index is 12.0. The van der Waals surface area contributed by atoms with Gasteiger partial charge in [-0.05, 0) is 0 Å². The van der Waals surface area contributed by atoms with Crippen molar-refractivity contribution in [3.63, 3.8) is 0 Å². The van der Waals surface area contributed by atoms with Gasteiger partial charge in [-0.25, -0.2) is 18.5 Å². The second kappa shape index (κ2) is 9.77. The third-order valence-electron chi connectivity index (χ3n) is 3.56. The Labute approximate surface area is 176 Å². The molecular weight excluding hydrogens is 509 g/mol. The lowest BCUT2D eigenvalue weighted by atomic mass is 10.1. The summed E-state index contributed by atoms with van der Waals surface area (Å²) >= 11 is 0. The molecule has 2 rings (SSSR count). The zero-order valence-electron chi connectivity index (χ0n) is 15.7. The van der Waals surface area contributed by atoms with Crippen molar-refractivity contribution >= 4 is 29.4 Å². The van der Waals surface area contributed by atoms with E-state index in [1.165, 1.54) is 0 Å². The molecule has 18 nitrogen and oxygen atoms in total. The Morgan fingerprint density at radius 3 is 2.31 bits per heavy atom. The number of phosphoric acid groups is 3. The molecule has 0 amide bonds. The highest BCUT2D eigenvalue weighted by Crippen LogP contribution is 2.66. The van der Waals surface area contributed by atoms with Gasteiger partial charge in [0.25, 0.3) is 5.56 Å². The van der Waals surface area contributed by atoms with Crippen molar-refractivity contribution in [3.05, 3.63) is 33.1 Å². The molecule has 0 bridgehead atoms. The van der Waals surface area contributed by atoms with E-state index >= 15 is 0 Å². The van der Waals surface area contributed by atoms with Crippen molar-refractivity contribution in [1.29, 1.82) is 0 Å². The lowest BCUT2D eigenvalue weighted by Crippen LogP contribution is -2.40. The molecule has 182 valence electrons. The van der Waals surface area contributed by atoms with Gasteiger partial charge in [-0.1, -0.05) is 0 Å². The zero-order valence-corrected chi connectivity index (χ0v) is 18.4. The summed E-state index contributed by atoms with van der Waals surface area (Å²) in [4.78, 5) is 72.0. The number of aromatic nitrogens is 2. The topological polar surface area (TPSA) is 270 Å². The Kier molecular flexibility index (Phi) is 8.16. The van der Waals surface area contributed by atoms with Crippen molar-refractivity contribution in [2.75, 3.05) is 6.61 Å². The number of aromatic amines is 1. The highest BCUT2D eigenvalue weighted by Gasteiger charge is 2.49. The van der Waals surface area contributed by atoms with E-state index in [0.717, 1.165) is 23.8 Å². The van der Waals surface area contributed by atoms with Gasteiger partial charge in [-0.3, -0.25) is 23.7 Å².